The molecule has 0 unspecified atom stereocenters. The molecule has 3 heteroatoms. The van der Waals surface area contributed by atoms with Gasteiger partial charge in [-0.2, -0.15) is 0 Å². The van der Waals surface area contributed by atoms with Gasteiger partial charge in [-0.15, -0.1) is 0 Å². The van der Waals surface area contributed by atoms with Crippen LogP contribution in [0.25, 0.3) is 0 Å². The summed E-state index contributed by atoms with van der Waals surface area (Å²) in [5.41, 5.74) is 1.17. The SMILES string of the molecule is Cc1ccc(O)cc1.Oc1ccccc1.Oc1ccccc1. The number of hydrogen-bond acceptors (Lipinski definition) is 3. The van der Waals surface area contributed by atoms with Crippen molar-refractivity contribution in [2.24, 2.45) is 0 Å². The molecule has 0 atom stereocenters. The van der Waals surface area contributed by atoms with Crippen molar-refractivity contribution in [1.82, 2.24) is 0 Å². The lowest BCUT2D eigenvalue weighted by molar-refractivity contribution is 0.474. The zero-order valence-corrected chi connectivity index (χ0v) is 12.4. The summed E-state index contributed by atoms with van der Waals surface area (Å²) < 4.78 is 0. The molecule has 0 heterocycles. The first-order chi connectivity index (χ1) is 10.6. The van der Waals surface area contributed by atoms with E-state index in [1.54, 1.807) is 60.7 Å². The molecule has 0 bridgehead atoms. The summed E-state index contributed by atoms with van der Waals surface area (Å²) in [4.78, 5) is 0. The second-order valence-corrected chi connectivity index (χ2v) is 4.51. The van der Waals surface area contributed by atoms with Crippen LogP contribution in [-0.2, 0) is 0 Å². The Kier molecular flexibility index (Phi) is 7.69. The molecule has 0 radical (unpaired) electrons. The molecule has 0 fully saturated rings. The minimum absolute atomic E-state index is 0.322. The third kappa shape index (κ3) is 8.27. The second-order valence-electron chi connectivity index (χ2n) is 4.51. The van der Waals surface area contributed by atoms with E-state index in [9.17, 15) is 0 Å². The minimum Gasteiger partial charge on any atom is -0.508 e. The Morgan fingerprint density at radius 2 is 0.773 bits per heavy atom. The molecule has 3 N–H and O–H groups in total. The first-order valence-corrected chi connectivity index (χ1v) is 6.81. The van der Waals surface area contributed by atoms with E-state index in [0.29, 0.717) is 17.2 Å². The maximum atomic E-state index is 8.76. The topological polar surface area (TPSA) is 60.7 Å². The number of benzene rings is 3. The molecule has 0 amide bonds. The molecule has 22 heavy (non-hydrogen) atoms. The molecule has 0 aliphatic carbocycles. The number of aryl methyl sites for hydroxylation is 1. The first kappa shape index (κ1) is 17.1. The summed E-state index contributed by atoms with van der Waals surface area (Å²) in [7, 11) is 0. The zero-order valence-electron chi connectivity index (χ0n) is 12.4. The fourth-order valence-corrected chi connectivity index (χ4v) is 1.40. The summed E-state index contributed by atoms with van der Waals surface area (Å²) in [6, 6.07) is 24.5. The third-order valence-corrected chi connectivity index (χ3v) is 2.55. The summed E-state index contributed by atoms with van der Waals surface area (Å²) in [6.07, 6.45) is 0. The van der Waals surface area contributed by atoms with Gasteiger partial charge in [-0.05, 0) is 43.3 Å². The summed E-state index contributed by atoms with van der Waals surface area (Å²) in [6.45, 7) is 1.99. The van der Waals surface area contributed by atoms with Crippen molar-refractivity contribution in [3.8, 4) is 17.2 Å². The van der Waals surface area contributed by atoms with Crippen LogP contribution in [0.15, 0.2) is 84.9 Å². The average molecular weight is 296 g/mol. The highest BCUT2D eigenvalue weighted by molar-refractivity contribution is 5.24. The van der Waals surface area contributed by atoms with Gasteiger partial charge in [-0.25, -0.2) is 0 Å². The van der Waals surface area contributed by atoms with E-state index in [1.165, 1.54) is 5.56 Å². The van der Waals surface area contributed by atoms with Crippen LogP contribution in [0.1, 0.15) is 5.56 Å². The molecule has 3 nitrogen and oxygen atoms in total. The summed E-state index contributed by atoms with van der Waals surface area (Å²) in [5.74, 6) is 0.973. The van der Waals surface area contributed by atoms with Crippen LogP contribution in [-0.4, -0.2) is 15.3 Å². The van der Waals surface area contributed by atoms with Crippen LogP contribution in [0, 0.1) is 6.92 Å². The highest BCUT2D eigenvalue weighted by Gasteiger charge is 1.82. The molecule has 0 saturated carbocycles. The van der Waals surface area contributed by atoms with Crippen molar-refractivity contribution in [2.45, 2.75) is 6.92 Å². The fourth-order valence-electron chi connectivity index (χ4n) is 1.40. The third-order valence-electron chi connectivity index (χ3n) is 2.55. The van der Waals surface area contributed by atoms with E-state index >= 15 is 0 Å². The Morgan fingerprint density at radius 3 is 1.00 bits per heavy atom. The Bertz CT molecular complexity index is 561. The molecular weight excluding hydrogens is 276 g/mol. The van der Waals surface area contributed by atoms with Gasteiger partial charge in [0.15, 0.2) is 0 Å². The normalized spacial score (nSPS) is 8.77. The van der Waals surface area contributed by atoms with Crippen molar-refractivity contribution in [3.63, 3.8) is 0 Å². The smallest absolute Gasteiger partial charge is 0.115 e. The van der Waals surface area contributed by atoms with Crippen molar-refractivity contribution in [2.75, 3.05) is 0 Å². The van der Waals surface area contributed by atoms with Gasteiger partial charge in [-0.1, -0.05) is 54.1 Å². The minimum atomic E-state index is 0.322. The number of aromatic hydroxyl groups is 3. The van der Waals surface area contributed by atoms with Gasteiger partial charge in [0.05, 0.1) is 0 Å². The molecule has 3 aromatic rings. The van der Waals surface area contributed by atoms with E-state index < -0.39 is 0 Å². The van der Waals surface area contributed by atoms with Gasteiger partial charge in [-0.3, -0.25) is 0 Å². The van der Waals surface area contributed by atoms with Crippen molar-refractivity contribution < 1.29 is 15.3 Å². The predicted octanol–water partition coefficient (Wildman–Crippen LogP) is 4.49. The molecule has 0 aliphatic rings. The molecule has 3 rings (SSSR count). The Morgan fingerprint density at radius 1 is 0.455 bits per heavy atom. The van der Waals surface area contributed by atoms with Crippen LogP contribution in [0.2, 0.25) is 0 Å². The number of hydrogen-bond donors (Lipinski definition) is 3. The van der Waals surface area contributed by atoms with Crippen molar-refractivity contribution in [3.05, 3.63) is 90.5 Å². The predicted molar refractivity (Wildman–Crippen MR) is 89.1 cm³/mol. The Balaban J connectivity index is 0.000000166. The summed E-state index contributed by atoms with van der Waals surface area (Å²) in [5, 5.41) is 26.0. The highest BCUT2D eigenvalue weighted by atomic mass is 16.3. The maximum absolute atomic E-state index is 8.76. The molecule has 0 aliphatic heterocycles. The average Bonchev–Trinajstić information content (AvgIpc) is 2.53. The van der Waals surface area contributed by atoms with Crippen LogP contribution < -0.4 is 0 Å². The molecule has 114 valence electrons. The van der Waals surface area contributed by atoms with Gasteiger partial charge in [0.2, 0.25) is 0 Å². The molecule has 0 saturated heterocycles. The monoisotopic (exact) mass is 296 g/mol. The highest BCUT2D eigenvalue weighted by Crippen LogP contribution is 2.07. The molecule has 3 aromatic carbocycles. The van der Waals surface area contributed by atoms with Crippen LogP contribution in [0.3, 0.4) is 0 Å². The van der Waals surface area contributed by atoms with Gasteiger partial charge in [0.25, 0.3) is 0 Å². The maximum Gasteiger partial charge on any atom is 0.115 e. The van der Waals surface area contributed by atoms with E-state index in [1.807, 2.05) is 31.2 Å². The van der Waals surface area contributed by atoms with E-state index in [4.69, 9.17) is 15.3 Å². The van der Waals surface area contributed by atoms with Crippen molar-refractivity contribution >= 4 is 0 Å². The van der Waals surface area contributed by atoms with Gasteiger partial charge >= 0.3 is 0 Å². The van der Waals surface area contributed by atoms with E-state index in [-0.39, 0.29) is 0 Å². The van der Waals surface area contributed by atoms with E-state index in [2.05, 4.69) is 0 Å². The van der Waals surface area contributed by atoms with Gasteiger partial charge in [0, 0.05) is 0 Å². The quantitative estimate of drug-likeness (QED) is 0.573. The number of phenolic OH excluding ortho intramolecular Hbond substituents is 3. The standard InChI is InChI=1S/C7H8O.2C6H6O/c1-6-2-4-7(8)5-3-6;2*7-6-4-2-1-3-5-6/h2-5,8H,1H3;2*1-5,7H. The van der Waals surface area contributed by atoms with Gasteiger partial charge < -0.3 is 15.3 Å². The van der Waals surface area contributed by atoms with Crippen molar-refractivity contribution in [1.29, 1.82) is 0 Å². The number of phenols is 3. The van der Waals surface area contributed by atoms with Gasteiger partial charge in [0.1, 0.15) is 17.2 Å². The number of para-hydroxylation sites is 2. The van der Waals surface area contributed by atoms with Crippen LogP contribution >= 0.6 is 0 Å². The first-order valence-electron chi connectivity index (χ1n) is 6.81. The van der Waals surface area contributed by atoms with E-state index in [0.717, 1.165) is 0 Å². The molecular formula is C19H20O3. The Labute approximate surface area is 130 Å². The molecule has 0 spiro atoms. The zero-order chi connectivity index (χ0) is 16.2. The lowest BCUT2D eigenvalue weighted by Gasteiger charge is -1.89. The van der Waals surface area contributed by atoms with Crippen LogP contribution in [0.5, 0.6) is 17.2 Å². The lowest BCUT2D eigenvalue weighted by Crippen LogP contribution is -1.66. The van der Waals surface area contributed by atoms with Crippen LogP contribution in [0.4, 0.5) is 0 Å². The number of rotatable bonds is 0. The lowest BCUT2D eigenvalue weighted by atomic mass is 10.2. The largest absolute Gasteiger partial charge is 0.508 e. The molecule has 0 aromatic heterocycles. The Hall–Kier alpha value is -2.94. The second kappa shape index (κ2) is 9.88. The fraction of sp³-hybridized carbons (Fsp3) is 0.0526. The summed E-state index contributed by atoms with van der Waals surface area (Å²) >= 11 is 0.